The molecular formula is C32H20N2O11. The molecule has 2 aliphatic rings. The van der Waals surface area contributed by atoms with Gasteiger partial charge in [-0.2, -0.15) is 0 Å². The summed E-state index contributed by atoms with van der Waals surface area (Å²) in [5.74, 6) is -3.65. The van der Waals surface area contributed by atoms with Crippen molar-refractivity contribution in [2.24, 2.45) is 0 Å². The molecule has 13 nitrogen and oxygen atoms in total. The summed E-state index contributed by atoms with van der Waals surface area (Å²) in [4.78, 5) is 75.9. The van der Waals surface area contributed by atoms with E-state index in [1.54, 1.807) is 0 Å². The lowest BCUT2D eigenvalue weighted by Gasteiger charge is -2.14. The third-order valence-electron chi connectivity index (χ3n) is 6.87. The Kier molecular flexibility index (Phi) is 7.18. The Morgan fingerprint density at radius 1 is 0.489 bits per heavy atom. The highest BCUT2D eigenvalue weighted by Gasteiger charge is 2.38. The van der Waals surface area contributed by atoms with Gasteiger partial charge in [0.2, 0.25) is 0 Å². The van der Waals surface area contributed by atoms with Crippen molar-refractivity contribution in [2.75, 3.05) is 23.0 Å². The second-order valence-corrected chi connectivity index (χ2v) is 9.76. The molecule has 0 radical (unpaired) electrons. The fourth-order valence-electron chi connectivity index (χ4n) is 4.84. The highest BCUT2D eigenvalue weighted by atomic mass is 16.5. The molecule has 0 saturated heterocycles. The molecule has 0 atom stereocenters. The smallest absolute Gasteiger partial charge is 0.341 e. The van der Waals surface area contributed by atoms with Crippen LogP contribution >= 0.6 is 0 Å². The number of carboxylic acids is 2. The predicted molar refractivity (Wildman–Crippen MR) is 154 cm³/mol. The molecule has 0 bridgehead atoms. The largest absolute Gasteiger partial charge is 0.482 e. The van der Waals surface area contributed by atoms with Crippen molar-refractivity contribution in [1.82, 2.24) is 0 Å². The van der Waals surface area contributed by atoms with Crippen molar-refractivity contribution >= 4 is 46.9 Å². The number of benzene rings is 4. The van der Waals surface area contributed by atoms with Gasteiger partial charge in [0.15, 0.2) is 13.2 Å². The number of imide groups is 2. The number of anilines is 2. The van der Waals surface area contributed by atoms with Gasteiger partial charge in [0, 0.05) is 0 Å². The summed E-state index contributed by atoms with van der Waals surface area (Å²) >= 11 is 0. The van der Waals surface area contributed by atoms with E-state index in [0.29, 0.717) is 0 Å². The number of ether oxygens (including phenoxy) is 3. The molecule has 4 aromatic rings. The maximum absolute atomic E-state index is 13.2. The lowest BCUT2D eigenvalue weighted by atomic mass is 10.1. The Labute approximate surface area is 253 Å². The number of amides is 4. The van der Waals surface area contributed by atoms with Crippen molar-refractivity contribution in [3.63, 3.8) is 0 Å². The van der Waals surface area contributed by atoms with Gasteiger partial charge in [-0.05, 0) is 84.9 Å². The summed E-state index contributed by atoms with van der Waals surface area (Å²) < 4.78 is 16.1. The fourth-order valence-corrected chi connectivity index (χ4v) is 4.84. The Balaban J connectivity index is 1.18. The molecule has 6 rings (SSSR count). The minimum atomic E-state index is -1.14. The summed E-state index contributed by atoms with van der Waals surface area (Å²) in [6.07, 6.45) is 0. The number of hydrogen-bond donors (Lipinski definition) is 2. The normalized spacial score (nSPS) is 13.5. The Morgan fingerprint density at radius 2 is 0.822 bits per heavy atom. The van der Waals surface area contributed by atoms with Crippen LogP contribution < -0.4 is 24.0 Å². The van der Waals surface area contributed by atoms with Gasteiger partial charge in [-0.25, -0.2) is 19.4 Å². The number of rotatable bonds is 10. The van der Waals surface area contributed by atoms with Crippen molar-refractivity contribution in [3.05, 3.63) is 107 Å². The zero-order chi connectivity index (χ0) is 31.8. The zero-order valence-corrected chi connectivity index (χ0v) is 23.0. The first-order valence-corrected chi connectivity index (χ1v) is 13.2. The van der Waals surface area contributed by atoms with E-state index in [4.69, 9.17) is 24.4 Å². The number of fused-ring (bicyclic) bond motifs is 2. The second-order valence-electron chi connectivity index (χ2n) is 9.76. The Bertz CT molecular complexity index is 1780. The molecular weight excluding hydrogens is 588 g/mol. The minimum absolute atomic E-state index is 0.0954. The third-order valence-corrected chi connectivity index (χ3v) is 6.87. The topological polar surface area (TPSA) is 177 Å². The van der Waals surface area contributed by atoms with Crippen LogP contribution in [0.4, 0.5) is 11.4 Å². The van der Waals surface area contributed by atoms with E-state index in [1.165, 1.54) is 84.9 Å². The van der Waals surface area contributed by atoms with Gasteiger partial charge in [-0.3, -0.25) is 19.2 Å². The van der Waals surface area contributed by atoms with E-state index in [9.17, 15) is 28.8 Å². The molecule has 2 heterocycles. The van der Waals surface area contributed by atoms with Crippen molar-refractivity contribution in [2.45, 2.75) is 0 Å². The number of carbonyl (C=O) groups is 6. The number of carbonyl (C=O) groups excluding carboxylic acids is 4. The molecule has 224 valence electrons. The highest BCUT2D eigenvalue weighted by molar-refractivity contribution is 6.35. The summed E-state index contributed by atoms with van der Waals surface area (Å²) in [6.45, 7) is -1.08. The maximum atomic E-state index is 13.2. The molecule has 2 N–H and O–H groups in total. The monoisotopic (exact) mass is 608 g/mol. The predicted octanol–water partition coefficient (Wildman–Crippen LogP) is 4.01. The zero-order valence-electron chi connectivity index (χ0n) is 23.0. The average molecular weight is 609 g/mol. The first-order valence-electron chi connectivity index (χ1n) is 13.2. The third kappa shape index (κ3) is 5.41. The van der Waals surface area contributed by atoms with Crippen LogP contribution in [0.1, 0.15) is 41.4 Å². The minimum Gasteiger partial charge on any atom is -0.482 e. The molecule has 0 aliphatic carbocycles. The van der Waals surface area contributed by atoms with Gasteiger partial charge in [0.25, 0.3) is 23.6 Å². The molecule has 0 fully saturated rings. The quantitative estimate of drug-likeness (QED) is 0.249. The van der Waals surface area contributed by atoms with Crippen molar-refractivity contribution < 1.29 is 53.2 Å². The summed E-state index contributed by atoms with van der Waals surface area (Å²) in [5.41, 5.74) is 1.03. The van der Waals surface area contributed by atoms with Crippen LogP contribution in [0.15, 0.2) is 84.9 Å². The van der Waals surface area contributed by atoms with E-state index < -0.39 is 48.8 Å². The first kappa shape index (κ1) is 28.6. The van der Waals surface area contributed by atoms with Crippen molar-refractivity contribution in [1.29, 1.82) is 0 Å². The molecule has 4 amide bonds. The average Bonchev–Trinajstić information content (AvgIpc) is 3.42. The van der Waals surface area contributed by atoms with Gasteiger partial charge in [-0.15, -0.1) is 0 Å². The summed E-state index contributed by atoms with van der Waals surface area (Å²) in [7, 11) is 0. The maximum Gasteiger partial charge on any atom is 0.341 e. The Morgan fingerprint density at radius 3 is 1.18 bits per heavy atom. The number of nitrogens with zero attached hydrogens (tertiary/aromatic N) is 2. The lowest BCUT2D eigenvalue weighted by molar-refractivity contribution is -0.140. The van der Waals surface area contributed by atoms with Crippen LogP contribution in [-0.4, -0.2) is 59.0 Å². The van der Waals surface area contributed by atoms with Crippen LogP contribution in [0.25, 0.3) is 0 Å². The van der Waals surface area contributed by atoms with Crippen LogP contribution in [0, 0.1) is 0 Å². The summed E-state index contributed by atoms with van der Waals surface area (Å²) in [5, 5.41) is 17.5. The summed E-state index contributed by atoms with van der Waals surface area (Å²) in [6, 6.07) is 20.3. The van der Waals surface area contributed by atoms with E-state index in [-0.39, 0.29) is 56.6 Å². The molecule has 13 heteroatoms. The van der Waals surface area contributed by atoms with Crippen LogP contribution in [0.5, 0.6) is 23.0 Å². The molecule has 0 saturated carbocycles. The van der Waals surface area contributed by atoms with Crippen LogP contribution in [0.3, 0.4) is 0 Å². The van der Waals surface area contributed by atoms with Crippen molar-refractivity contribution in [3.8, 4) is 23.0 Å². The molecule has 0 aromatic heterocycles. The highest BCUT2D eigenvalue weighted by Crippen LogP contribution is 2.35. The van der Waals surface area contributed by atoms with Gasteiger partial charge in [-0.1, -0.05) is 0 Å². The van der Waals surface area contributed by atoms with Gasteiger partial charge in [0.1, 0.15) is 23.0 Å². The molecule has 0 spiro atoms. The van der Waals surface area contributed by atoms with E-state index in [0.717, 1.165) is 9.80 Å². The molecule has 4 aromatic carbocycles. The first-order chi connectivity index (χ1) is 21.6. The second kappa shape index (κ2) is 11.3. The van der Waals surface area contributed by atoms with Gasteiger partial charge >= 0.3 is 11.9 Å². The number of carboxylic acid groups (broad SMARTS) is 2. The molecule has 0 unspecified atom stereocenters. The number of aliphatic carboxylic acids is 2. The van der Waals surface area contributed by atoms with E-state index in [1.807, 2.05) is 0 Å². The van der Waals surface area contributed by atoms with E-state index >= 15 is 0 Å². The van der Waals surface area contributed by atoms with Crippen LogP contribution in [0.2, 0.25) is 0 Å². The number of hydrogen-bond acceptors (Lipinski definition) is 9. The van der Waals surface area contributed by atoms with E-state index in [2.05, 4.69) is 0 Å². The standard InChI is InChI=1S/C32H20N2O11/c35-27(36)15-43-19-5-1-17(2-6-19)33-29(39)23-11-9-21(13-25(23)31(33)41)45-22-10-12-24-26(14-22)32(42)34(30(24)40)18-3-7-20(8-4-18)44-16-28(37)38/h1-14H,15-16H2,(H,35,36)(H,37,38). The lowest BCUT2D eigenvalue weighted by Crippen LogP contribution is -2.29. The van der Waals surface area contributed by atoms with Gasteiger partial charge < -0.3 is 24.4 Å². The van der Waals surface area contributed by atoms with Gasteiger partial charge in [0.05, 0.1) is 33.6 Å². The molecule has 2 aliphatic heterocycles. The SMILES string of the molecule is O=C(O)COc1ccc(N2C(=O)c3ccc(Oc4ccc5c(c4)C(=O)N(c4ccc(OCC(=O)O)cc4)C5=O)cc3C2=O)cc1. The van der Waals surface area contributed by atoms with Crippen LogP contribution in [-0.2, 0) is 9.59 Å². The fraction of sp³-hybridized carbons (Fsp3) is 0.0625. The Hall–Kier alpha value is -6.50. The molecule has 45 heavy (non-hydrogen) atoms.